The fourth-order valence-corrected chi connectivity index (χ4v) is 3.02. The van der Waals surface area contributed by atoms with Crippen molar-refractivity contribution >= 4 is 15.9 Å². The Labute approximate surface area is 127 Å². The van der Waals surface area contributed by atoms with Crippen molar-refractivity contribution in [1.82, 2.24) is 4.98 Å². The van der Waals surface area contributed by atoms with Gasteiger partial charge in [0.05, 0.1) is 0 Å². The second-order valence-electron chi connectivity index (χ2n) is 5.16. The lowest BCUT2D eigenvalue weighted by Gasteiger charge is -2.22. The van der Waals surface area contributed by atoms with E-state index in [9.17, 15) is 0 Å². The minimum absolute atomic E-state index is 0.148. The summed E-state index contributed by atoms with van der Waals surface area (Å²) in [4.78, 5) is 4.13. The van der Waals surface area contributed by atoms with E-state index >= 15 is 0 Å². The van der Waals surface area contributed by atoms with Crippen LogP contribution in [-0.4, -0.2) is 4.98 Å². The molecule has 4 heteroatoms. The predicted molar refractivity (Wildman–Crippen MR) is 82.6 cm³/mol. The standard InChI is InChI=1S/C16H17BrN2O/c17-13-6-11(8-19-9-13)10-20-14-5-4-12-2-1-3-16(18)15(12)7-14/h4-9,16H,1-3,10,18H2/t16-/m0/s1. The van der Waals surface area contributed by atoms with Gasteiger partial charge in [0, 0.05) is 28.5 Å². The van der Waals surface area contributed by atoms with E-state index in [-0.39, 0.29) is 6.04 Å². The Hall–Kier alpha value is -1.39. The molecule has 1 aromatic heterocycles. The summed E-state index contributed by atoms with van der Waals surface area (Å²) in [7, 11) is 0. The van der Waals surface area contributed by atoms with Crippen molar-refractivity contribution in [2.45, 2.75) is 31.9 Å². The molecule has 3 rings (SSSR count). The van der Waals surface area contributed by atoms with Gasteiger partial charge >= 0.3 is 0 Å². The Bertz CT molecular complexity index is 615. The zero-order valence-corrected chi connectivity index (χ0v) is 12.8. The Kier molecular flexibility index (Phi) is 4.03. The van der Waals surface area contributed by atoms with Crippen molar-refractivity contribution in [3.05, 3.63) is 57.8 Å². The molecule has 0 saturated heterocycles. The molecule has 3 nitrogen and oxygen atoms in total. The van der Waals surface area contributed by atoms with Crippen molar-refractivity contribution in [1.29, 1.82) is 0 Å². The van der Waals surface area contributed by atoms with Crippen LogP contribution in [0.15, 0.2) is 41.1 Å². The van der Waals surface area contributed by atoms with Gasteiger partial charge in [0.2, 0.25) is 0 Å². The lowest BCUT2D eigenvalue weighted by Crippen LogP contribution is -2.17. The van der Waals surface area contributed by atoms with Crippen LogP contribution >= 0.6 is 15.9 Å². The van der Waals surface area contributed by atoms with Gasteiger partial charge in [-0.2, -0.15) is 0 Å². The first-order valence-electron chi connectivity index (χ1n) is 6.83. The van der Waals surface area contributed by atoms with Crippen LogP contribution in [0.3, 0.4) is 0 Å². The second kappa shape index (κ2) is 5.94. The van der Waals surface area contributed by atoms with Crippen molar-refractivity contribution in [3.8, 4) is 5.75 Å². The highest BCUT2D eigenvalue weighted by Gasteiger charge is 2.17. The molecule has 0 unspecified atom stereocenters. The van der Waals surface area contributed by atoms with E-state index in [1.165, 1.54) is 17.5 Å². The number of aromatic nitrogens is 1. The maximum absolute atomic E-state index is 6.17. The fraction of sp³-hybridized carbons (Fsp3) is 0.312. The summed E-state index contributed by atoms with van der Waals surface area (Å²) in [5.41, 5.74) is 9.81. The molecular formula is C16H17BrN2O. The molecule has 0 radical (unpaired) electrons. The van der Waals surface area contributed by atoms with E-state index in [0.29, 0.717) is 6.61 Å². The first kappa shape index (κ1) is 13.6. The monoisotopic (exact) mass is 332 g/mol. The number of benzene rings is 1. The number of aryl methyl sites for hydroxylation is 1. The van der Waals surface area contributed by atoms with Gasteiger partial charge in [-0.1, -0.05) is 6.07 Å². The van der Waals surface area contributed by atoms with Gasteiger partial charge in [-0.25, -0.2) is 0 Å². The number of halogens is 1. The highest BCUT2D eigenvalue weighted by molar-refractivity contribution is 9.10. The smallest absolute Gasteiger partial charge is 0.120 e. The molecule has 0 spiro atoms. The van der Waals surface area contributed by atoms with E-state index in [0.717, 1.165) is 28.6 Å². The number of rotatable bonds is 3. The van der Waals surface area contributed by atoms with Gasteiger partial charge in [0.15, 0.2) is 0 Å². The summed E-state index contributed by atoms with van der Waals surface area (Å²) in [6, 6.07) is 8.42. The summed E-state index contributed by atoms with van der Waals surface area (Å²) < 4.78 is 6.81. The first-order valence-corrected chi connectivity index (χ1v) is 7.62. The van der Waals surface area contributed by atoms with E-state index in [4.69, 9.17) is 10.5 Å². The molecule has 1 atom stereocenters. The molecule has 0 fully saturated rings. The van der Waals surface area contributed by atoms with Crippen LogP contribution in [0.2, 0.25) is 0 Å². The first-order chi connectivity index (χ1) is 9.72. The normalized spacial score (nSPS) is 17.6. The third-order valence-corrected chi connectivity index (χ3v) is 4.08. The number of ether oxygens (including phenoxy) is 1. The molecule has 0 bridgehead atoms. The third-order valence-electron chi connectivity index (χ3n) is 3.65. The lowest BCUT2D eigenvalue weighted by atomic mass is 9.88. The van der Waals surface area contributed by atoms with Crippen LogP contribution in [0, 0.1) is 0 Å². The zero-order chi connectivity index (χ0) is 13.9. The van der Waals surface area contributed by atoms with Crippen molar-refractivity contribution in [2.75, 3.05) is 0 Å². The summed E-state index contributed by atoms with van der Waals surface area (Å²) in [5.74, 6) is 0.876. The Morgan fingerprint density at radius 3 is 3.05 bits per heavy atom. The average Bonchev–Trinajstić information content (AvgIpc) is 2.46. The maximum atomic E-state index is 6.17. The zero-order valence-electron chi connectivity index (χ0n) is 11.2. The van der Waals surface area contributed by atoms with Crippen molar-refractivity contribution < 1.29 is 4.74 Å². The van der Waals surface area contributed by atoms with Crippen LogP contribution in [0.4, 0.5) is 0 Å². The molecule has 0 amide bonds. The van der Waals surface area contributed by atoms with Crippen molar-refractivity contribution in [3.63, 3.8) is 0 Å². The number of hydrogen-bond donors (Lipinski definition) is 1. The maximum Gasteiger partial charge on any atom is 0.120 e. The number of pyridine rings is 1. The lowest BCUT2D eigenvalue weighted by molar-refractivity contribution is 0.304. The molecule has 2 aromatic rings. The summed E-state index contributed by atoms with van der Waals surface area (Å²) in [5, 5.41) is 0. The van der Waals surface area contributed by atoms with E-state index in [1.807, 2.05) is 18.3 Å². The van der Waals surface area contributed by atoms with Crippen molar-refractivity contribution in [2.24, 2.45) is 5.73 Å². The van der Waals surface area contributed by atoms with E-state index in [2.05, 4.69) is 33.0 Å². The van der Waals surface area contributed by atoms with E-state index < -0.39 is 0 Å². The largest absolute Gasteiger partial charge is 0.489 e. The highest BCUT2D eigenvalue weighted by atomic mass is 79.9. The number of nitrogens with two attached hydrogens (primary N) is 1. The molecule has 1 aromatic carbocycles. The third kappa shape index (κ3) is 3.02. The van der Waals surface area contributed by atoms with Gasteiger partial charge in [-0.05, 0) is 64.5 Å². The molecule has 2 N–H and O–H groups in total. The molecule has 1 heterocycles. The van der Waals surface area contributed by atoms with Crippen LogP contribution in [0.5, 0.6) is 5.75 Å². The minimum atomic E-state index is 0.148. The average molecular weight is 333 g/mol. The molecule has 20 heavy (non-hydrogen) atoms. The summed E-state index contributed by atoms with van der Waals surface area (Å²) in [6.07, 6.45) is 6.94. The Morgan fingerprint density at radius 2 is 2.20 bits per heavy atom. The van der Waals surface area contributed by atoms with Crippen LogP contribution in [0.1, 0.15) is 35.6 Å². The van der Waals surface area contributed by atoms with Crippen LogP contribution < -0.4 is 10.5 Å². The minimum Gasteiger partial charge on any atom is -0.489 e. The summed E-state index contributed by atoms with van der Waals surface area (Å²) >= 11 is 3.41. The van der Waals surface area contributed by atoms with Gasteiger partial charge in [0.25, 0.3) is 0 Å². The topological polar surface area (TPSA) is 48.1 Å². The molecule has 0 saturated carbocycles. The number of fused-ring (bicyclic) bond motifs is 1. The van der Waals surface area contributed by atoms with Gasteiger partial charge < -0.3 is 10.5 Å². The molecule has 1 aliphatic carbocycles. The molecule has 1 aliphatic rings. The fourth-order valence-electron chi connectivity index (χ4n) is 2.61. The summed E-state index contributed by atoms with van der Waals surface area (Å²) in [6.45, 7) is 0.514. The quantitative estimate of drug-likeness (QED) is 0.930. The Balaban J connectivity index is 1.73. The second-order valence-corrected chi connectivity index (χ2v) is 6.08. The van der Waals surface area contributed by atoms with Crippen LogP contribution in [-0.2, 0) is 13.0 Å². The molecular weight excluding hydrogens is 316 g/mol. The van der Waals surface area contributed by atoms with Gasteiger partial charge in [-0.15, -0.1) is 0 Å². The Morgan fingerprint density at radius 1 is 1.30 bits per heavy atom. The predicted octanol–water partition coefficient (Wildman–Crippen LogP) is 3.76. The van der Waals surface area contributed by atoms with Gasteiger partial charge in [-0.3, -0.25) is 4.98 Å². The highest BCUT2D eigenvalue weighted by Crippen LogP contribution is 2.31. The SMILES string of the molecule is N[C@H]1CCCc2ccc(OCc3cncc(Br)c3)cc21. The van der Waals surface area contributed by atoms with Gasteiger partial charge in [0.1, 0.15) is 12.4 Å². The molecule has 104 valence electrons. The van der Waals surface area contributed by atoms with Crippen LogP contribution in [0.25, 0.3) is 0 Å². The molecule has 0 aliphatic heterocycles. The van der Waals surface area contributed by atoms with E-state index in [1.54, 1.807) is 6.20 Å². The number of hydrogen-bond acceptors (Lipinski definition) is 3. The number of nitrogens with zero attached hydrogens (tertiary/aromatic N) is 1.